The number of carbonyl (C=O) groups excluding carboxylic acids is 1. The molecule has 1 saturated heterocycles. The monoisotopic (exact) mass is 440 g/mol. The second kappa shape index (κ2) is 8.73. The molecule has 0 spiro atoms. The van der Waals surface area contributed by atoms with E-state index in [2.05, 4.69) is 19.9 Å². The zero-order valence-electron chi connectivity index (χ0n) is 16.5. The first kappa shape index (κ1) is 20.8. The first-order valence-electron chi connectivity index (χ1n) is 9.77. The van der Waals surface area contributed by atoms with Crippen LogP contribution in [0.1, 0.15) is 16.8 Å². The molecule has 1 unspecified atom stereocenters. The highest BCUT2D eigenvalue weighted by molar-refractivity contribution is 7.92. The summed E-state index contributed by atoms with van der Waals surface area (Å²) < 4.78 is 41.2. The van der Waals surface area contributed by atoms with Crippen molar-refractivity contribution in [2.24, 2.45) is 0 Å². The standard InChI is InChI=1S/C22H21FN4O3S/c23-19-8-1-2-9-20(19)31(29,30)26-17-7-5-6-16(14-17)22(28)25-18-11-13-27(15-18)21-10-3-4-12-24-21/h1-10,12,14,18,26H,11,13,15H2,(H,25,28). The van der Waals surface area contributed by atoms with E-state index in [-0.39, 0.29) is 17.6 Å². The molecule has 3 aromatic rings. The fourth-order valence-electron chi connectivity index (χ4n) is 3.49. The molecule has 0 radical (unpaired) electrons. The summed E-state index contributed by atoms with van der Waals surface area (Å²) >= 11 is 0. The molecule has 31 heavy (non-hydrogen) atoms. The summed E-state index contributed by atoms with van der Waals surface area (Å²) in [6, 6.07) is 16.9. The van der Waals surface area contributed by atoms with E-state index in [1.165, 1.54) is 30.3 Å². The van der Waals surface area contributed by atoms with E-state index >= 15 is 0 Å². The molecule has 0 saturated carbocycles. The van der Waals surface area contributed by atoms with Crippen molar-refractivity contribution in [3.63, 3.8) is 0 Å². The van der Waals surface area contributed by atoms with E-state index in [0.29, 0.717) is 12.1 Å². The summed E-state index contributed by atoms with van der Waals surface area (Å²) in [6.45, 7) is 1.42. The van der Waals surface area contributed by atoms with Crippen LogP contribution in [0.2, 0.25) is 0 Å². The van der Waals surface area contributed by atoms with Gasteiger partial charge < -0.3 is 10.2 Å². The van der Waals surface area contributed by atoms with Crippen LogP contribution in [0.3, 0.4) is 0 Å². The molecule has 2 N–H and O–H groups in total. The second-order valence-electron chi connectivity index (χ2n) is 7.21. The van der Waals surface area contributed by atoms with Gasteiger partial charge in [0.05, 0.1) is 0 Å². The highest BCUT2D eigenvalue weighted by Gasteiger charge is 2.25. The minimum absolute atomic E-state index is 0.0479. The summed E-state index contributed by atoms with van der Waals surface area (Å²) in [6.07, 6.45) is 2.51. The summed E-state index contributed by atoms with van der Waals surface area (Å²) in [4.78, 5) is 18.7. The van der Waals surface area contributed by atoms with Gasteiger partial charge in [0, 0.05) is 36.6 Å². The zero-order valence-corrected chi connectivity index (χ0v) is 17.3. The quantitative estimate of drug-likeness (QED) is 0.615. The lowest BCUT2D eigenvalue weighted by atomic mass is 10.1. The van der Waals surface area contributed by atoms with E-state index in [4.69, 9.17) is 0 Å². The Balaban J connectivity index is 1.42. The van der Waals surface area contributed by atoms with Crippen LogP contribution in [-0.2, 0) is 10.0 Å². The third kappa shape index (κ3) is 4.83. The van der Waals surface area contributed by atoms with Crippen molar-refractivity contribution in [2.45, 2.75) is 17.4 Å². The van der Waals surface area contributed by atoms with Crippen molar-refractivity contribution < 1.29 is 17.6 Å². The molecule has 0 bridgehead atoms. The minimum atomic E-state index is -4.12. The lowest BCUT2D eigenvalue weighted by Gasteiger charge is -2.18. The largest absolute Gasteiger partial charge is 0.354 e. The third-order valence-electron chi connectivity index (χ3n) is 5.00. The molecule has 1 fully saturated rings. The van der Waals surface area contributed by atoms with E-state index in [9.17, 15) is 17.6 Å². The predicted molar refractivity (Wildman–Crippen MR) is 116 cm³/mol. The summed E-state index contributed by atoms with van der Waals surface area (Å²) in [5.41, 5.74) is 0.488. The van der Waals surface area contributed by atoms with Crippen LogP contribution in [0.25, 0.3) is 0 Å². The molecule has 2 aromatic carbocycles. The van der Waals surface area contributed by atoms with Gasteiger partial charge in [0.25, 0.3) is 15.9 Å². The average molecular weight is 441 g/mol. The molecular formula is C22H21FN4O3S. The van der Waals surface area contributed by atoms with Gasteiger partial charge in [-0.2, -0.15) is 0 Å². The average Bonchev–Trinajstić information content (AvgIpc) is 3.23. The number of aromatic nitrogens is 1. The lowest BCUT2D eigenvalue weighted by molar-refractivity contribution is 0.0940. The first-order chi connectivity index (χ1) is 14.9. The SMILES string of the molecule is O=C(NC1CCN(c2ccccn2)C1)c1cccc(NS(=O)(=O)c2ccccc2F)c1. The number of rotatable bonds is 6. The number of anilines is 2. The molecule has 1 amide bonds. The fourth-order valence-corrected chi connectivity index (χ4v) is 4.62. The molecule has 7 nitrogen and oxygen atoms in total. The van der Waals surface area contributed by atoms with Crippen LogP contribution < -0.4 is 14.9 Å². The fraction of sp³-hybridized carbons (Fsp3) is 0.182. The molecule has 4 rings (SSSR count). The highest BCUT2D eigenvalue weighted by atomic mass is 32.2. The topological polar surface area (TPSA) is 91.4 Å². The van der Waals surface area contributed by atoms with Crippen molar-refractivity contribution in [3.8, 4) is 0 Å². The Morgan fingerprint density at radius 2 is 1.87 bits per heavy atom. The van der Waals surface area contributed by atoms with Crippen LogP contribution in [-0.4, -0.2) is 38.4 Å². The number of sulfonamides is 1. The number of hydrogen-bond donors (Lipinski definition) is 2. The van der Waals surface area contributed by atoms with Gasteiger partial charge in [-0.3, -0.25) is 9.52 Å². The van der Waals surface area contributed by atoms with Crippen LogP contribution in [0.5, 0.6) is 0 Å². The Kier molecular flexibility index (Phi) is 5.85. The van der Waals surface area contributed by atoms with Gasteiger partial charge in [-0.1, -0.05) is 24.3 Å². The number of carbonyl (C=O) groups is 1. The van der Waals surface area contributed by atoms with Crippen LogP contribution in [0.15, 0.2) is 77.8 Å². The smallest absolute Gasteiger partial charge is 0.264 e. The number of nitrogens with one attached hydrogen (secondary N) is 2. The number of hydrogen-bond acceptors (Lipinski definition) is 5. The van der Waals surface area contributed by atoms with Crippen molar-refractivity contribution in [1.29, 1.82) is 0 Å². The van der Waals surface area contributed by atoms with Crippen molar-refractivity contribution in [3.05, 3.63) is 84.3 Å². The first-order valence-corrected chi connectivity index (χ1v) is 11.2. The van der Waals surface area contributed by atoms with E-state index in [0.717, 1.165) is 24.8 Å². The van der Waals surface area contributed by atoms with Gasteiger partial charge in [0.2, 0.25) is 0 Å². The Morgan fingerprint density at radius 1 is 1.06 bits per heavy atom. The molecule has 1 aliphatic rings. The maximum atomic E-state index is 13.9. The summed E-state index contributed by atoms with van der Waals surface area (Å²) in [7, 11) is -4.12. The maximum Gasteiger partial charge on any atom is 0.264 e. The van der Waals surface area contributed by atoms with Gasteiger partial charge in [0.1, 0.15) is 16.5 Å². The van der Waals surface area contributed by atoms with Gasteiger partial charge in [0.15, 0.2) is 0 Å². The number of pyridine rings is 1. The van der Waals surface area contributed by atoms with Crippen molar-refractivity contribution in [1.82, 2.24) is 10.3 Å². The Labute approximate surface area is 180 Å². The Hall–Kier alpha value is -3.46. The Bertz CT molecular complexity index is 1190. The second-order valence-corrected chi connectivity index (χ2v) is 8.86. The molecule has 9 heteroatoms. The summed E-state index contributed by atoms with van der Waals surface area (Å²) in [5, 5.41) is 2.98. The molecule has 1 aromatic heterocycles. The van der Waals surface area contributed by atoms with E-state index in [1.807, 2.05) is 18.2 Å². The number of nitrogens with zero attached hydrogens (tertiary/aromatic N) is 2. The van der Waals surface area contributed by atoms with Crippen molar-refractivity contribution in [2.75, 3.05) is 22.7 Å². The van der Waals surface area contributed by atoms with Crippen molar-refractivity contribution >= 4 is 27.4 Å². The maximum absolute atomic E-state index is 13.9. The zero-order chi connectivity index (χ0) is 21.8. The molecule has 160 valence electrons. The minimum Gasteiger partial charge on any atom is -0.354 e. The molecule has 0 aliphatic carbocycles. The van der Waals surface area contributed by atoms with Gasteiger partial charge in [-0.15, -0.1) is 0 Å². The predicted octanol–water partition coefficient (Wildman–Crippen LogP) is 3.03. The molecular weight excluding hydrogens is 419 g/mol. The number of amides is 1. The third-order valence-corrected chi connectivity index (χ3v) is 6.41. The van der Waals surface area contributed by atoms with Crippen LogP contribution in [0, 0.1) is 5.82 Å². The van der Waals surface area contributed by atoms with Gasteiger partial charge in [-0.05, 0) is 48.9 Å². The normalized spacial score (nSPS) is 16.2. The Morgan fingerprint density at radius 3 is 2.65 bits per heavy atom. The highest BCUT2D eigenvalue weighted by Crippen LogP contribution is 2.21. The van der Waals surface area contributed by atoms with Crippen LogP contribution >= 0.6 is 0 Å². The number of benzene rings is 2. The summed E-state index contributed by atoms with van der Waals surface area (Å²) in [5.74, 6) is -0.286. The van der Waals surface area contributed by atoms with Gasteiger partial charge in [-0.25, -0.2) is 17.8 Å². The lowest BCUT2D eigenvalue weighted by Crippen LogP contribution is -2.37. The van der Waals surface area contributed by atoms with Gasteiger partial charge >= 0.3 is 0 Å². The number of halogens is 1. The molecule has 1 atom stereocenters. The van der Waals surface area contributed by atoms with E-state index < -0.39 is 20.7 Å². The molecule has 2 heterocycles. The van der Waals surface area contributed by atoms with Crippen LogP contribution in [0.4, 0.5) is 15.9 Å². The molecule has 1 aliphatic heterocycles. The van der Waals surface area contributed by atoms with E-state index in [1.54, 1.807) is 18.3 Å².